The van der Waals surface area contributed by atoms with Crippen LogP contribution in [0.1, 0.15) is 17.2 Å². The highest BCUT2D eigenvalue weighted by atomic mass is 35.5. The Bertz CT molecular complexity index is 1210. The van der Waals surface area contributed by atoms with Crippen molar-refractivity contribution in [3.05, 3.63) is 81.1 Å². The molecule has 1 atom stereocenters. The number of thiophene rings is 1. The molecule has 0 aliphatic carbocycles. The second-order valence-corrected chi connectivity index (χ2v) is 12.3. The van der Waals surface area contributed by atoms with Crippen LogP contribution in [-0.2, 0) is 21.4 Å². The molecule has 1 aliphatic heterocycles. The lowest BCUT2D eigenvalue weighted by atomic mass is 10.1. The van der Waals surface area contributed by atoms with Gasteiger partial charge in [0.15, 0.2) is 0 Å². The molecule has 2 heterocycles. The van der Waals surface area contributed by atoms with Gasteiger partial charge in [-0.2, -0.15) is 4.31 Å². The Kier molecular flexibility index (Phi) is 8.52. The molecule has 0 bridgehead atoms. The van der Waals surface area contributed by atoms with Crippen LogP contribution in [-0.4, -0.2) is 57.5 Å². The molecule has 0 N–H and O–H groups in total. The number of rotatable bonds is 9. The molecule has 0 radical (unpaired) electrons. The zero-order chi connectivity index (χ0) is 24.1. The summed E-state index contributed by atoms with van der Waals surface area (Å²) in [6.45, 7) is 3.09. The molecular formula is C24H26Cl2N2O4S2. The summed E-state index contributed by atoms with van der Waals surface area (Å²) >= 11 is 13.2. The molecule has 182 valence electrons. The Morgan fingerprint density at radius 3 is 2.44 bits per heavy atom. The molecule has 0 unspecified atom stereocenters. The zero-order valence-electron chi connectivity index (χ0n) is 18.7. The predicted molar refractivity (Wildman–Crippen MR) is 137 cm³/mol. The first-order chi connectivity index (χ1) is 16.3. The van der Waals surface area contributed by atoms with Crippen LogP contribution in [0.2, 0.25) is 9.36 Å². The van der Waals surface area contributed by atoms with Crippen LogP contribution in [0.25, 0.3) is 0 Å². The van der Waals surface area contributed by atoms with Gasteiger partial charge in [-0.05, 0) is 47.5 Å². The van der Waals surface area contributed by atoms with Crippen molar-refractivity contribution >= 4 is 44.6 Å². The van der Waals surface area contributed by atoms with Crippen molar-refractivity contribution in [2.45, 2.75) is 16.9 Å². The average molecular weight is 542 g/mol. The monoisotopic (exact) mass is 540 g/mol. The maximum Gasteiger partial charge on any atom is 0.252 e. The molecule has 1 fully saturated rings. The summed E-state index contributed by atoms with van der Waals surface area (Å²) in [6.07, 6.45) is -0.214. The number of hydrogen-bond donors (Lipinski definition) is 0. The van der Waals surface area contributed by atoms with Crippen LogP contribution < -0.4 is 4.74 Å². The van der Waals surface area contributed by atoms with Gasteiger partial charge in [-0.25, -0.2) is 8.42 Å². The molecule has 1 saturated heterocycles. The van der Waals surface area contributed by atoms with Gasteiger partial charge in [0.1, 0.15) is 9.96 Å². The average Bonchev–Trinajstić information content (AvgIpc) is 3.29. The minimum atomic E-state index is -3.52. The maximum atomic E-state index is 12.9. The quantitative estimate of drug-likeness (QED) is 0.367. The summed E-state index contributed by atoms with van der Waals surface area (Å²) in [4.78, 5) is 2.23. The van der Waals surface area contributed by atoms with Crippen LogP contribution in [0, 0.1) is 0 Å². The van der Waals surface area contributed by atoms with Crippen LogP contribution in [0.4, 0.5) is 0 Å². The molecule has 34 heavy (non-hydrogen) atoms. The van der Waals surface area contributed by atoms with E-state index < -0.39 is 10.0 Å². The van der Waals surface area contributed by atoms with Gasteiger partial charge in [-0.3, -0.25) is 4.90 Å². The van der Waals surface area contributed by atoms with E-state index in [2.05, 4.69) is 4.90 Å². The van der Waals surface area contributed by atoms with Gasteiger partial charge in [-0.1, -0.05) is 47.5 Å². The fourth-order valence-corrected chi connectivity index (χ4v) is 7.14. The Balaban J connectivity index is 1.44. The normalized spacial score (nSPS) is 16.4. The number of methoxy groups -OCH3 is 1. The number of halogens is 2. The molecule has 0 saturated carbocycles. The van der Waals surface area contributed by atoms with E-state index in [0.717, 1.165) is 28.2 Å². The molecule has 0 amide bonds. The summed E-state index contributed by atoms with van der Waals surface area (Å²) in [7, 11) is -1.88. The summed E-state index contributed by atoms with van der Waals surface area (Å²) in [5, 5.41) is 0.670. The van der Waals surface area contributed by atoms with Crippen LogP contribution in [0.5, 0.6) is 5.75 Å². The third kappa shape index (κ3) is 6.31. The van der Waals surface area contributed by atoms with Gasteiger partial charge < -0.3 is 9.47 Å². The number of hydrogen-bond acceptors (Lipinski definition) is 6. The van der Waals surface area contributed by atoms with Crippen molar-refractivity contribution in [1.29, 1.82) is 0 Å². The lowest BCUT2D eigenvalue weighted by Crippen LogP contribution is -2.49. The molecule has 0 spiro atoms. The molecule has 4 rings (SSSR count). The van der Waals surface area contributed by atoms with E-state index in [1.54, 1.807) is 19.2 Å². The van der Waals surface area contributed by atoms with E-state index in [4.69, 9.17) is 32.7 Å². The van der Waals surface area contributed by atoms with Crippen LogP contribution >= 0.6 is 34.5 Å². The van der Waals surface area contributed by atoms with E-state index in [9.17, 15) is 8.42 Å². The Morgan fingerprint density at radius 1 is 1.00 bits per heavy atom. The number of sulfonamides is 1. The number of piperazine rings is 1. The molecule has 6 nitrogen and oxygen atoms in total. The van der Waals surface area contributed by atoms with E-state index in [0.29, 0.717) is 48.7 Å². The van der Waals surface area contributed by atoms with Crippen molar-refractivity contribution in [3.8, 4) is 5.75 Å². The Morgan fingerprint density at radius 2 is 1.76 bits per heavy atom. The first-order valence-corrected chi connectivity index (χ1v) is 13.8. The van der Waals surface area contributed by atoms with Crippen LogP contribution in [0.3, 0.4) is 0 Å². The highest BCUT2D eigenvalue weighted by Crippen LogP contribution is 2.29. The lowest BCUT2D eigenvalue weighted by molar-refractivity contribution is 0.00764. The van der Waals surface area contributed by atoms with Crippen molar-refractivity contribution in [2.75, 3.05) is 39.8 Å². The van der Waals surface area contributed by atoms with Gasteiger partial charge in [0.05, 0.1) is 24.2 Å². The fraction of sp³-hybridized carbons (Fsp3) is 0.333. The minimum absolute atomic E-state index is 0.214. The molecule has 1 aliphatic rings. The summed E-state index contributed by atoms with van der Waals surface area (Å²) < 4.78 is 39.9. The van der Waals surface area contributed by atoms with Crippen molar-refractivity contribution in [3.63, 3.8) is 0 Å². The van der Waals surface area contributed by atoms with Gasteiger partial charge in [-0.15, -0.1) is 11.3 Å². The molecular weight excluding hydrogens is 515 g/mol. The van der Waals surface area contributed by atoms with Crippen molar-refractivity contribution < 1.29 is 17.9 Å². The molecule has 1 aromatic heterocycles. The van der Waals surface area contributed by atoms with Crippen molar-refractivity contribution in [2.24, 2.45) is 0 Å². The smallest absolute Gasteiger partial charge is 0.252 e. The summed E-state index contributed by atoms with van der Waals surface area (Å²) in [5.41, 5.74) is 2.00. The van der Waals surface area contributed by atoms with E-state index in [1.807, 2.05) is 48.5 Å². The van der Waals surface area contributed by atoms with E-state index >= 15 is 0 Å². The Hall–Kier alpha value is -1.65. The van der Waals surface area contributed by atoms with E-state index in [-0.39, 0.29) is 10.3 Å². The largest absolute Gasteiger partial charge is 0.497 e. The number of benzene rings is 2. The maximum absolute atomic E-state index is 12.9. The molecule has 10 heteroatoms. The minimum Gasteiger partial charge on any atom is -0.497 e. The number of nitrogens with zero attached hydrogens (tertiary/aromatic N) is 2. The van der Waals surface area contributed by atoms with Crippen molar-refractivity contribution in [1.82, 2.24) is 9.21 Å². The van der Waals surface area contributed by atoms with Crippen LogP contribution in [0.15, 0.2) is 64.9 Å². The van der Waals surface area contributed by atoms with Gasteiger partial charge in [0.25, 0.3) is 10.0 Å². The first-order valence-electron chi connectivity index (χ1n) is 10.8. The highest BCUT2D eigenvalue weighted by molar-refractivity contribution is 7.91. The van der Waals surface area contributed by atoms with Gasteiger partial charge in [0, 0.05) is 37.7 Å². The Labute approximate surface area is 214 Å². The van der Waals surface area contributed by atoms with Gasteiger partial charge in [0.2, 0.25) is 0 Å². The molecule has 3 aromatic rings. The van der Waals surface area contributed by atoms with E-state index in [1.165, 1.54) is 4.31 Å². The lowest BCUT2D eigenvalue weighted by Gasteiger charge is -2.35. The highest BCUT2D eigenvalue weighted by Gasteiger charge is 2.30. The van der Waals surface area contributed by atoms with Gasteiger partial charge >= 0.3 is 0 Å². The fourth-order valence-electron chi connectivity index (χ4n) is 3.87. The summed E-state index contributed by atoms with van der Waals surface area (Å²) in [5.74, 6) is 0.763. The molecule has 2 aromatic carbocycles. The standard InChI is InChI=1S/C24H26Cl2N2O4S2/c1-31-21-7-3-5-19(15-21)22(32-17-18-4-2-6-20(25)14-18)16-27-10-12-28(13-11-27)34(29,30)24-9-8-23(26)33-24/h2-9,14-15,22H,10-13,16-17H2,1H3/t22-/m1/s1. The second-order valence-electron chi connectivity index (χ2n) is 7.97. The third-order valence-electron chi connectivity index (χ3n) is 5.70. The third-order valence-corrected chi connectivity index (χ3v) is 9.54. The SMILES string of the molecule is COc1cccc([C@@H](CN2CCN(S(=O)(=O)c3ccc(Cl)s3)CC2)OCc2cccc(Cl)c2)c1. The second kappa shape index (κ2) is 11.4. The first kappa shape index (κ1) is 25.4. The zero-order valence-corrected chi connectivity index (χ0v) is 21.8. The summed E-state index contributed by atoms with van der Waals surface area (Å²) in [6, 6.07) is 18.6. The predicted octanol–water partition coefficient (Wildman–Crippen LogP) is 5.33. The topological polar surface area (TPSA) is 59.1 Å². The number of ether oxygens (including phenoxy) is 2.